The van der Waals surface area contributed by atoms with Crippen molar-refractivity contribution in [1.29, 1.82) is 0 Å². The molecule has 0 amide bonds. The van der Waals surface area contributed by atoms with E-state index < -0.39 is 0 Å². The number of aryl methyl sites for hydroxylation is 1. The molecule has 0 spiro atoms. The molecule has 76 valence electrons. The molecule has 1 aromatic carbocycles. The monoisotopic (exact) mass is 220 g/mol. The molecule has 0 aliphatic carbocycles. The van der Waals surface area contributed by atoms with Crippen LogP contribution in [-0.2, 0) is 7.05 Å². The van der Waals surface area contributed by atoms with E-state index in [1.54, 1.807) is 19.2 Å². The van der Waals surface area contributed by atoms with Crippen LogP contribution < -0.4 is 5.56 Å². The summed E-state index contributed by atoms with van der Waals surface area (Å²) in [4.78, 5) is 11.1. The Morgan fingerprint density at radius 3 is 2.73 bits per heavy atom. The van der Waals surface area contributed by atoms with Gasteiger partial charge in [0.05, 0.1) is 5.69 Å². The van der Waals surface area contributed by atoms with Crippen molar-refractivity contribution < 1.29 is 0 Å². The highest BCUT2D eigenvalue weighted by Crippen LogP contribution is 2.19. The van der Waals surface area contributed by atoms with Gasteiger partial charge in [0.15, 0.2) is 0 Å². The topological polar surface area (TPSA) is 34.9 Å². The third-order valence-corrected chi connectivity index (χ3v) is 2.32. The zero-order chi connectivity index (χ0) is 10.8. The first-order valence-electron chi connectivity index (χ1n) is 4.47. The van der Waals surface area contributed by atoms with Gasteiger partial charge in [0.25, 0.3) is 5.56 Å². The maximum Gasteiger partial charge on any atom is 0.266 e. The van der Waals surface area contributed by atoms with Crippen molar-refractivity contribution in [3.8, 4) is 11.3 Å². The number of benzene rings is 1. The highest BCUT2D eigenvalue weighted by atomic mass is 35.5. The average molecular weight is 221 g/mol. The smallest absolute Gasteiger partial charge is 0.266 e. The van der Waals surface area contributed by atoms with Gasteiger partial charge in [-0.2, -0.15) is 5.10 Å². The number of nitrogens with zero attached hydrogens (tertiary/aromatic N) is 2. The fourth-order valence-electron chi connectivity index (χ4n) is 1.30. The molecule has 1 aromatic heterocycles. The van der Waals surface area contributed by atoms with Crippen molar-refractivity contribution in [3.63, 3.8) is 0 Å². The van der Waals surface area contributed by atoms with Gasteiger partial charge in [-0.3, -0.25) is 4.79 Å². The SMILES string of the molecule is Cn1nc(-c2cccc(Cl)c2)ccc1=O. The van der Waals surface area contributed by atoms with E-state index in [1.807, 2.05) is 18.2 Å². The Labute approximate surface area is 91.9 Å². The van der Waals surface area contributed by atoms with Crippen molar-refractivity contribution >= 4 is 11.6 Å². The second-order valence-electron chi connectivity index (χ2n) is 3.19. The van der Waals surface area contributed by atoms with Gasteiger partial charge in [0, 0.05) is 23.7 Å². The first-order valence-corrected chi connectivity index (χ1v) is 4.85. The molecule has 1 heterocycles. The van der Waals surface area contributed by atoms with Crippen LogP contribution in [0.3, 0.4) is 0 Å². The molecule has 0 aliphatic heterocycles. The molecule has 0 radical (unpaired) electrons. The third-order valence-electron chi connectivity index (χ3n) is 2.08. The molecule has 15 heavy (non-hydrogen) atoms. The molecule has 0 aliphatic rings. The molecule has 0 saturated heterocycles. The Bertz CT molecular complexity index is 548. The molecule has 0 atom stereocenters. The molecule has 4 heteroatoms. The Hall–Kier alpha value is -1.61. The Morgan fingerprint density at radius 1 is 1.27 bits per heavy atom. The lowest BCUT2D eigenvalue weighted by atomic mass is 10.1. The minimum atomic E-state index is -0.124. The molecular formula is C11H9ClN2O. The van der Waals surface area contributed by atoms with Crippen LogP contribution in [0, 0.1) is 0 Å². The lowest BCUT2D eigenvalue weighted by Crippen LogP contribution is -2.18. The number of hydrogen-bond acceptors (Lipinski definition) is 2. The summed E-state index contributed by atoms with van der Waals surface area (Å²) in [6.45, 7) is 0. The molecule has 0 saturated carbocycles. The Morgan fingerprint density at radius 2 is 2.07 bits per heavy atom. The second-order valence-corrected chi connectivity index (χ2v) is 3.63. The maximum atomic E-state index is 11.1. The third kappa shape index (κ3) is 2.07. The van der Waals surface area contributed by atoms with Gasteiger partial charge in [-0.15, -0.1) is 0 Å². The van der Waals surface area contributed by atoms with Gasteiger partial charge >= 0.3 is 0 Å². The highest BCUT2D eigenvalue weighted by Gasteiger charge is 2.01. The van der Waals surface area contributed by atoms with Crippen molar-refractivity contribution in [2.45, 2.75) is 0 Å². The fourth-order valence-corrected chi connectivity index (χ4v) is 1.49. The van der Waals surface area contributed by atoms with E-state index in [0.717, 1.165) is 11.3 Å². The van der Waals surface area contributed by atoms with E-state index in [4.69, 9.17) is 11.6 Å². The summed E-state index contributed by atoms with van der Waals surface area (Å²) in [6.07, 6.45) is 0. The summed E-state index contributed by atoms with van der Waals surface area (Å²) < 4.78 is 1.30. The van der Waals surface area contributed by atoms with E-state index in [-0.39, 0.29) is 5.56 Å². The van der Waals surface area contributed by atoms with Crippen molar-refractivity contribution in [1.82, 2.24) is 9.78 Å². The van der Waals surface area contributed by atoms with Crippen LogP contribution in [0.4, 0.5) is 0 Å². The van der Waals surface area contributed by atoms with E-state index in [0.29, 0.717) is 5.02 Å². The summed E-state index contributed by atoms with van der Waals surface area (Å²) in [5.41, 5.74) is 1.51. The lowest BCUT2D eigenvalue weighted by molar-refractivity contribution is 0.712. The molecule has 0 unspecified atom stereocenters. The van der Waals surface area contributed by atoms with Gasteiger partial charge in [-0.25, -0.2) is 4.68 Å². The van der Waals surface area contributed by atoms with E-state index >= 15 is 0 Å². The van der Waals surface area contributed by atoms with Gasteiger partial charge in [0.2, 0.25) is 0 Å². The number of aromatic nitrogens is 2. The molecule has 0 fully saturated rings. The molecular weight excluding hydrogens is 212 g/mol. The summed E-state index contributed by atoms with van der Waals surface area (Å²) in [5, 5.41) is 4.79. The van der Waals surface area contributed by atoms with E-state index in [9.17, 15) is 4.79 Å². The molecule has 2 aromatic rings. The molecule has 2 rings (SSSR count). The molecule has 3 nitrogen and oxygen atoms in total. The normalized spacial score (nSPS) is 10.3. The van der Waals surface area contributed by atoms with Crippen LogP contribution in [0.2, 0.25) is 5.02 Å². The van der Waals surface area contributed by atoms with Gasteiger partial charge in [-0.1, -0.05) is 23.7 Å². The van der Waals surface area contributed by atoms with Crippen LogP contribution in [0.5, 0.6) is 0 Å². The lowest BCUT2D eigenvalue weighted by Gasteiger charge is -2.02. The zero-order valence-electron chi connectivity index (χ0n) is 8.14. The maximum absolute atomic E-state index is 11.1. The predicted molar refractivity (Wildman–Crippen MR) is 59.9 cm³/mol. The fraction of sp³-hybridized carbons (Fsp3) is 0.0909. The summed E-state index contributed by atoms with van der Waals surface area (Å²) in [7, 11) is 1.62. The highest BCUT2D eigenvalue weighted by molar-refractivity contribution is 6.30. The minimum absolute atomic E-state index is 0.124. The molecule has 0 bridgehead atoms. The summed E-state index contributed by atoms with van der Waals surface area (Å²) in [6, 6.07) is 10.5. The van der Waals surface area contributed by atoms with Crippen LogP contribution in [-0.4, -0.2) is 9.78 Å². The number of rotatable bonds is 1. The van der Waals surface area contributed by atoms with Crippen molar-refractivity contribution in [3.05, 3.63) is 51.8 Å². The van der Waals surface area contributed by atoms with Crippen LogP contribution in [0.25, 0.3) is 11.3 Å². The van der Waals surface area contributed by atoms with Gasteiger partial charge in [-0.05, 0) is 18.2 Å². The minimum Gasteiger partial charge on any atom is -0.268 e. The largest absolute Gasteiger partial charge is 0.268 e. The van der Waals surface area contributed by atoms with Crippen LogP contribution in [0.15, 0.2) is 41.2 Å². The van der Waals surface area contributed by atoms with Crippen LogP contribution in [0.1, 0.15) is 0 Å². The van der Waals surface area contributed by atoms with Crippen molar-refractivity contribution in [2.24, 2.45) is 7.05 Å². The Kier molecular flexibility index (Phi) is 2.56. The number of halogens is 1. The standard InChI is InChI=1S/C11H9ClN2O/c1-14-11(15)6-5-10(13-14)8-3-2-4-9(12)7-8/h2-7H,1H3. The first kappa shape index (κ1) is 9.93. The second kappa shape index (κ2) is 3.87. The first-order chi connectivity index (χ1) is 7.16. The summed E-state index contributed by atoms with van der Waals surface area (Å²) >= 11 is 5.87. The van der Waals surface area contributed by atoms with Gasteiger partial charge in [0.1, 0.15) is 0 Å². The van der Waals surface area contributed by atoms with E-state index in [1.165, 1.54) is 10.7 Å². The summed E-state index contributed by atoms with van der Waals surface area (Å²) in [5.74, 6) is 0. The van der Waals surface area contributed by atoms with Gasteiger partial charge < -0.3 is 0 Å². The molecule has 0 N–H and O–H groups in total. The average Bonchev–Trinajstić information content (AvgIpc) is 2.22. The predicted octanol–water partition coefficient (Wildman–Crippen LogP) is 2.10. The zero-order valence-corrected chi connectivity index (χ0v) is 8.90. The Balaban J connectivity index is 2.55. The van der Waals surface area contributed by atoms with Crippen LogP contribution >= 0.6 is 11.6 Å². The number of hydrogen-bond donors (Lipinski definition) is 0. The van der Waals surface area contributed by atoms with E-state index in [2.05, 4.69) is 5.10 Å². The van der Waals surface area contributed by atoms with Crippen molar-refractivity contribution in [2.75, 3.05) is 0 Å². The quantitative estimate of drug-likeness (QED) is 0.738.